The number of thioether (sulfide) groups is 1. The predicted molar refractivity (Wildman–Crippen MR) is 195 cm³/mol. The predicted octanol–water partition coefficient (Wildman–Crippen LogP) is -0.608. The van der Waals surface area contributed by atoms with Crippen LogP contribution >= 0.6 is 11.8 Å². The van der Waals surface area contributed by atoms with Crippen molar-refractivity contribution in [1.29, 1.82) is 0 Å². The number of hydrogen-bond acceptors (Lipinski definition) is 9. The second kappa shape index (κ2) is 21.3. The van der Waals surface area contributed by atoms with Gasteiger partial charge in [-0.1, -0.05) is 56.3 Å². The monoisotopic (exact) mass is 713 g/mol. The van der Waals surface area contributed by atoms with Crippen LogP contribution in [0.25, 0.3) is 0 Å². The van der Waals surface area contributed by atoms with Gasteiger partial charge in [-0.05, 0) is 60.4 Å². The number of aromatic hydroxyl groups is 1. The van der Waals surface area contributed by atoms with E-state index < -0.39 is 59.7 Å². The summed E-state index contributed by atoms with van der Waals surface area (Å²) in [6.07, 6.45) is 2.76. The maximum absolute atomic E-state index is 14.0. The van der Waals surface area contributed by atoms with E-state index >= 15 is 0 Å². The molecule has 15 nitrogen and oxygen atoms in total. The minimum absolute atomic E-state index is 0.00824. The summed E-state index contributed by atoms with van der Waals surface area (Å²) < 4.78 is 0. The smallest absolute Gasteiger partial charge is 0.243 e. The molecule has 274 valence electrons. The zero-order valence-corrected chi connectivity index (χ0v) is 29.6. The number of primary amides is 1. The molecular formula is C34H51N9O6S. The van der Waals surface area contributed by atoms with Crippen LogP contribution in [0.1, 0.15) is 44.2 Å². The van der Waals surface area contributed by atoms with Crippen LogP contribution in [0.2, 0.25) is 0 Å². The molecule has 5 amide bonds. The van der Waals surface area contributed by atoms with E-state index in [0.29, 0.717) is 24.2 Å². The van der Waals surface area contributed by atoms with Crippen molar-refractivity contribution in [3.8, 4) is 5.75 Å². The molecule has 0 spiro atoms. The van der Waals surface area contributed by atoms with E-state index in [-0.39, 0.29) is 43.4 Å². The van der Waals surface area contributed by atoms with Crippen molar-refractivity contribution in [2.45, 2.75) is 76.2 Å². The molecule has 5 atom stereocenters. The molecule has 16 heteroatoms. The van der Waals surface area contributed by atoms with Crippen LogP contribution < -0.4 is 44.2 Å². The number of carbonyl (C=O) groups is 5. The summed E-state index contributed by atoms with van der Waals surface area (Å²) in [6.45, 7) is 3.65. The first-order valence-corrected chi connectivity index (χ1v) is 17.7. The number of amides is 5. The lowest BCUT2D eigenvalue weighted by Crippen LogP contribution is -2.60. The Hall–Kier alpha value is -4.83. The Kier molecular flexibility index (Phi) is 17.6. The minimum atomic E-state index is -1.24. The van der Waals surface area contributed by atoms with Crippen molar-refractivity contribution < 1.29 is 29.1 Å². The Morgan fingerprint density at radius 1 is 0.740 bits per heavy atom. The van der Waals surface area contributed by atoms with Gasteiger partial charge < -0.3 is 49.3 Å². The lowest BCUT2D eigenvalue weighted by Gasteiger charge is -2.27. The normalized spacial score (nSPS) is 13.9. The number of aliphatic imine (C=N–C) groups is 1. The number of nitrogens with two attached hydrogens (primary N) is 4. The third-order valence-corrected chi connectivity index (χ3v) is 8.39. The van der Waals surface area contributed by atoms with Crippen molar-refractivity contribution in [3.63, 3.8) is 0 Å². The molecule has 0 aromatic heterocycles. The Morgan fingerprint density at radius 3 is 1.78 bits per heavy atom. The average molecular weight is 714 g/mol. The molecular weight excluding hydrogens is 662 g/mol. The number of phenols is 1. The maximum Gasteiger partial charge on any atom is 0.243 e. The summed E-state index contributed by atoms with van der Waals surface area (Å²) in [6, 6.07) is 9.68. The van der Waals surface area contributed by atoms with E-state index in [9.17, 15) is 29.1 Å². The number of guanidine groups is 1. The van der Waals surface area contributed by atoms with Gasteiger partial charge >= 0.3 is 0 Å². The number of hydrogen-bond donors (Lipinski definition) is 9. The zero-order chi connectivity index (χ0) is 37.2. The van der Waals surface area contributed by atoms with Crippen molar-refractivity contribution in [1.82, 2.24) is 21.3 Å². The molecule has 2 rings (SSSR count). The molecule has 2 aromatic rings. The Bertz CT molecular complexity index is 1440. The van der Waals surface area contributed by atoms with Crippen LogP contribution in [-0.4, -0.2) is 89.4 Å². The summed E-state index contributed by atoms with van der Waals surface area (Å²) in [5.41, 5.74) is 23.8. The molecule has 13 N–H and O–H groups in total. The van der Waals surface area contributed by atoms with Gasteiger partial charge in [0.25, 0.3) is 0 Å². The van der Waals surface area contributed by atoms with Gasteiger partial charge in [-0.3, -0.25) is 29.0 Å². The molecule has 0 saturated carbocycles. The molecule has 0 heterocycles. The summed E-state index contributed by atoms with van der Waals surface area (Å²) in [5.74, 6) is -3.07. The lowest BCUT2D eigenvalue weighted by molar-refractivity contribution is -0.134. The van der Waals surface area contributed by atoms with Gasteiger partial charge in [-0.25, -0.2) is 0 Å². The Morgan fingerprint density at radius 2 is 1.26 bits per heavy atom. The van der Waals surface area contributed by atoms with E-state index in [4.69, 9.17) is 22.9 Å². The third-order valence-electron chi connectivity index (χ3n) is 7.74. The fourth-order valence-electron chi connectivity index (χ4n) is 4.93. The first-order chi connectivity index (χ1) is 23.7. The van der Waals surface area contributed by atoms with E-state index in [1.807, 2.05) is 12.3 Å². The largest absolute Gasteiger partial charge is 0.508 e. The van der Waals surface area contributed by atoms with E-state index in [1.54, 1.807) is 50.2 Å². The molecule has 50 heavy (non-hydrogen) atoms. The quantitative estimate of drug-likeness (QED) is 0.0450. The van der Waals surface area contributed by atoms with Gasteiger partial charge in [0.15, 0.2) is 5.96 Å². The van der Waals surface area contributed by atoms with E-state index in [2.05, 4.69) is 26.3 Å². The minimum Gasteiger partial charge on any atom is -0.508 e. The van der Waals surface area contributed by atoms with Crippen LogP contribution in [-0.2, 0) is 36.8 Å². The van der Waals surface area contributed by atoms with Gasteiger partial charge in [0, 0.05) is 19.4 Å². The SMILES string of the molecule is CSCCC(N)C(=O)NC(CCCN=C(N)N)C(=O)NC(Cc1ccc(O)cc1)C(=O)NC(Cc1ccccc1)C(=O)NC(C(N)=O)C(C)C. The summed E-state index contributed by atoms with van der Waals surface area (Å²) in [5, 5.41) is 20.6. The lowest BCUT2D eigenvalue weighted by atomic mass is 10.00. The fourth-order valence-corrected chi connectivity index (χ4v) is 5.42. The fraction of sp³-hybridized carbons (Fsp3) is 0.471. The second-order valence-corrected chi connectivity index (χ2v) is 13.2. The molecule has 0 aliphatic carbocycles. The summed E-state index contributed by atoms with van der Waals surface area (Å²) in [4.78, 5) is 70.4. The standard InChI is InChI=1S/C34H51N9O6S/c1-20(2)28(29(36)45)43-33(49)27(18-21-8-5-4-6-9-21)42-32(48)26(19-22-11-13-23(44)14-12-22)41-31(47)25(10-7-16-39-34(37)38)40-30(46)24(35)15-17-50-3/h4-6,8-9,11-14,20,24-28,44H,7,10,15-19,35H2,1-3H3,(H2,36,45)(H,40,46)(H,41,47)(H,42,48)(H,43,49)(H4,37,38,39). The van der Waals surface area contributed by atoms with Gasteiger partial charge in [-0.15, -0.1) is 0 Å². The first-order valence-electron chi connectivity index (χ1n) is 16.3. The molecule has 5 unspecified atom stereocenters. The third kappa shape index (κ3) is 14.7. The van der Waals surface area contributed by atoms with Gasteiger partial charge in [0.1, 0.15) is 29.9 Å². The summed E-state index contributed by atoms with van der Waals surface area (Å²) >= 11 is 1.53. The Labute approximate surface area is 297 Å². The highest BCUT2D eigenvalue weighted by Gasteiger charge is 2.32. The van der Waals surface area contributed by atoms with Crippen molar-refractivity contribution >= 4 is 47.3 Å². The maximum atomic E-state index is 14.0. The number of carbonyl (C=O) groups excluding carboxylic acids is 5. The van der Waals surface area contributed by atoms with Crippen LogP contribution in [0, 0.1) is 5.92 Å². The first kappa shape index (κ1) is 41.3. The molecule has 2 aromatic carbocycles. The molecule has 0 saturated heterocycles. The van der Waals surface area contributed by atoms with E-state index in [1.165, 1.54) is 23.9 Å². The topological polar surface area (TPSA) is 270 Å². The highest BCUT2D eigenvalue weighted by Crippen LogP contribution is 2.13. The molecule has 0 fully saturated rings. The Balaban J connectivity index is 2.41. The molecule has 0 aliphatic rings. The molecule has 0 aliphatic heterocycles. The van der Waals surface area contributed by atoms with Crippen LogP contribution in [0.15, 0.2) is 59.6 Å². The van der Waals surface area contributed by atoms with Crippen molar-refractivity contribution in [2.75, 3.05) is 18.6 Å². The van der Waals surface area contributed by atoms with Crippen LogP contribution in [0.3, 0.4) is 0 Å². The number of phenolic OH excluding ortho intramolecular Hbond substituents is 1. The average Bonchev–Trinajstić information content (AvgIpc) is 3.07. The van der Waals surface area contributed by atoms with Gasteiger partial charge in [0.2, 0.25) is 29.5 Å². The van der Waals surface area contributed by atoms with Crippen LogP contribution in [0.5, 0.6) is 5.75 Å². The van der Waals surface area contributed by atoms with Crippen molar-refractivity contribution in [3.05, 3.63) is 65.7 Å². The highest BCUT2D eigenvalue weighted by molar-refractivity contribution is 7.98. The van der Waals surface area contributed by atoms with Crippen LogP contribution in [0.4, 0.5) is 0 Å². The highest BCUT2D eigenvalue weighted by atomic mass is 32.2. The molecule has 0 bridgehead atoms. The second-order valence-electron chi connectivity index (χ2n) is 12.2. The van der Waals surface area contributed by atoms with Crippen molar-refractivity contribution in [2.24, 2.45) is 33.8 Å². The van der Waals surface area contributed by atoms with E-state index in [0.717, 1.165) is 5.56 Å². The van der Waals surface area contributed by atoms with Gasteiger partial charge in [-0.2, -0.15) is 11.8 Å². The molecule has 0 radical (unpaired) electrons. The zero-order valence-electron chi connectivity index (χ0n) is 28.8. The van der Waals surface area contributed by atoms with Gasteiger partial charge in [0.05, 0.1) is 6.04 Å². The number of rotatable bonds is 21. The number of benzene rings is 2. The summed E-state index contributed by atoms with van der Waals surface area (Å²) in [7, 11) is 0. The number of nitrogens with zero attached hydrogens (tertiary/aromatic N) is 1. The number of nitrogens with one attached hydrogen (secondary N) is 4.